The van der Waals surface area contributed by atoms with E-state index in [1.165, 1.54) is 45.4 Å². The number of hydrogen-bond donors (Lipinski definition) is 4. The largest absolute Gasteiger partial charge is 0.468 e. The molecule has 1 aliphatic rings. The van der Waals surface area contributed by atoms with E-state index >= 15 is 0 Å². The topological polar surface area (TPSA) is 184 Å². The van der Waals surface area contributed by atoms with Gasteiger partial charge in [0.15, 0.2) is 6.23 Å². The first-order valence-electron chi connectivity index (χ1n) is 10.3. The summed E-state index contributed by atoms with van der Waals surface area (Å²) in [4.78, 5) is 27.6. The average molecular weight is 498 g/mol. The first-order valence-corrected chi connectivity index (χ1v) is 11.8. The van der Waals surface area contributed by atoms with Crippen LogP contribution in [0.4, 0.5) is 5.82 Å². The van der Waals surface area contributed by atoms with Crippen LogP contribution in [-0.4, -0.2) is 63.3 Å². The minimum atomic E-state index is -4.25. The molecule has 5 N–H and O–H groups in total. The van der Waals surface area contributed by atoms with Crippen LogP contribution in [0.3, 0.4) is 0 Å². The van der Waals surface area contributed by atoms with Gasteiger partial charge in [0.05, 0.1) is 13.2 Å². The molecule has 3 rings (SSSR count). The molecule has 13 nitrogen and oxygen atoms in total. The predicted octanol–water partition coefficient (Wildman–Crippen LogP) is 0.188. The zero-order chi connectivity index (χ0) is 25.0. The number of rotatable bonds is 9. The third kappa shape index (κ3) is 5.81. The number of methoxy groups -OCH3 is 1. The number of aliphatic hydroxyl groups excluding tert-OH is 2. The van der Waals surface area contributed by atoms with Gasteiger partial charge in [-0.3, -0.25) is 13.9 Å². The maximum absolute atomic E-state index is 13.6. The molecule has 1 fully saturated rings. The molecule has 1 aromatic carbocycles. The van der Waals surface area contributed by atoms with Gasteiger partial charge in [-0.05, 0) is 32.0 Å². The van der Waals surface area contributed by atoms with E-state index in [-0.39, 0.29) is 11.6 Å². The van der Waals surface area contributed by atoms with Crippen LogP contribution in [0.1, 0.15) is 20.1 Å². The molecule has 34 heavy (non-hydrogen) atoms. The van der Waals surface area contributed by atoms with Crippen molar-refractivity contribution in [2.45, 2.75) is 50.5 Å². The minimum absolute atomic E-state index is 0.0210. The highest BCUT2D eigenvalue weighted by Gasteiger charge is 2.49. The lowest BCUT2D eigenvalue weighted by Crippen LogP contribution is -2.41. The van der Waals surface area contributed by atoms with Crippen molar-refractivity contribution in [3.05, 3.63) is 53.1 Å². The lowest BCUT2D eigenvalue weighted by molar-refractivity contribution is -0.142. The molecule has 0 bridgehead atoms. The van der Waals surface area contributed by atoms with E-state index in [0.29, 0.717) is 0 Å². The van der Waals surface area contributed by atoms with Gasteiger partial charge in [0.1, 0.15) is 35.9 Å². The van der Waals surface area contributed by atoms with Crippen LogP contribution < -0.4 is 21.0 Å². The number of aliphatic hydroxyl groups is 2. The van der Waals surface area contributed by atoms with Crippen LogP contribution >= 0.6 is 7.75 Å². The fourth-order valence-corrected chi connectivity index (χ4v) is 5.06. The number of aromatic nitrogens is 2. The summed E-state index contributed by atoms with van der Waals surface area (Å²) in [5.74, 6) is -0.545. The monoisotopic (exact) mass is 498 g/mol. The summed E-state index contributed by atoms with van der Waals surface area (Å²) < 4.78 is 36.0. The number of anilines is 1. The molecule has 1 saturated heterocycles. The molecular formula is C20H27N4O9P. The van der Waals surface area contributed by atoms with Gasteiger partial charge in [0.25, 0.3) is 0 Å². The maximum atomic E-state index is 13.6. The van der Waals surface area contributed by atoms with Crippen LogP contribution in [0.5, 0.6) is 5.75 Å². The number of nitrogen functional groups attached to an aromatic ring is 1. The zero-order valence-corrected chi connectivity index (χ0v) is 19.6. The fraction of sp³-hybridized carbons (Fsp3) is 0.450. The van der Waals surface area contributed by atoms with Crippen LogP contribution in [0.2, 0.25) is 0 Å². The highest BCUT2D eigenvalue weighted by atomic mass is 31.2. The Morgan fingerprint density at radius 1 is 1.24 bits per heavy atom. The van der Waals surface area contributed by atoms with Crippen LogP contribution in [-0.2, 0) is 23.4 Å². The van der Waals surface area contributed by atoms with Gasteiger partial charge in [-0.1, -0.05) is 18.2 Å². The Bertz CT molecular complexity index is 1100. The fourth-order valence-electron chi connectivity index (χ4n) is 3.37. The lowest BCUT2D eigenvalue weighted by Gasteiger charge is -2.28. The van der Waals surface area contributed by atoms with E-state index in [1.54, 1.807) is 18.2 Å². The highest BCUT2D eigenvalue weighted by Crippen LogP contribution is 2.47. The van der Waals surface area contributed by atoms with Crippen molar-refractivity contribution < 1.29 is 38.1 Å². The van der Waals surface area contributed by atoms with Gasteiger partial charge in [0, 0.05) is 6.20 Å². The third-order valence-corrected chi connectivity index (χ3v) is 6.81. The molecule has 1 unspecified atom stereocenters. The highest BCUT2D eigenvalue weighted by molar-refractivity contribution is 7.52. The van der Waals surface area contributed by atoms with Gasteiger partial charge in [-0.2, -0.15) is 10.1 Å². The van der Waals surface area contributed by atoms with Gasteiger partial charge >= 0.3 is 19.4 Å². The molecule has 0 aliphatic carbocycles. The Kier molecular flexibility index (Phi) is 8.08. The summed E-state index contributed by atoms with van der Waals surface area (Å²) >= 11 is 0. The van der Waals surface area contributed by atoms with E-state index in [1.807, 2.05) is 0 Å². The number of nitrogens with zero attached hydrogens (tertiary/aromatic N) is 2. The molecule has 7 atom stereocenters. The Labute approximate surface area is 195 Å². The van der Waals surface area contributed by atoms with E-state index in [2.05, 4.69) is 14.8 Å². The van der Waals surface area contributed by atoms with Crippen LogP contribution in [0.25, 0.3) is 0 Å². The summed E-state index contributed by atoms with van der Waals surface area (Å²) in [7, 11) is -3.08. The molecule has 186 valence electrons. The molecule has 0 spiro atoms. The second kappa shape index (κ2) is 10.6. The van der Waals surface area contributed by atoms with E-state index in [9.17, 15) is 24.4 Å². The van der Waals surface area contributed by atoms with Gasteiger partial charge in [0.2, 0.25) is 0 Å². The number of nitrogens with two attached hydrogens (primary N) is 1. The van der Waals surface area contributed by atoms with Crippen LogP contribution in [0.15, 0.2) is 47.4 Å². The smallest absolute Gasteiger partial charge is 0.459 e. The van der Waals surface area contributed by atoms with Crippen molar-refractivity contribution in [2.24, 2.45) is 0 Å². The second-order valence-corrected chi connectivity index (χ2v) is 9.25. The first-order chi connectivity index (χ1) is 16.0. The van der Waals surface area contributed by atoms with Crippen molar-refractivity contribution >= 4 is 19.5 Å². The van der Waals surface area contributed by atoms with E-state index in [4.69, 9.17) is 19.5 Å². The number of ether oxygens (including phenoxy) is 2. The number of para-hydroxylation sites is 1. The van der Waals surface area contributed by atoms with Crippen LogP contribution in [0, 0.1) is 0 Å². The summed E-state index contributed by atoms with van der Waals surface area (Å²) in [5.41, 5.74) is 4.69. The number of carbonyl (C=O) groups excluding carboxylic acids is 1. The predicted molar refractivity (Wildman–Crippen MR) is 119 cm³/mol. The number of esters is 1. The van der Waals surface area contributed by atoms with Crippen molar-refractivity contribution in [1.82, 2.24) is 14.6 Å². The van der Waals surface area contributed by atoms with Crippen molar-refractivity contribution in [3.8, 4) is 5.75 Å². The second-order valence-electron chi connectivity index (χ2n) is 7.60. The number of carbonyl (C=O) groups is 1. The zero-order valence-electron chi connectivity index (χ0n) is 18.7. The van der Waals surface area contributed by atoms with Gasteiger partial charge < -0.3 is 29.9 Å². The standard InChI is InChI=1S/C20H27N4O9P/c1-11(19(27)30-3)23-34(29,33-13-7-5-4-6-8-13)32-12(2)17-15(25)16(26)18(31-17)24-10-9-14(21)22-20(24)28/h4-12,15-18,25-26H,1-3H3,(H,23,29)(H2,21,22,28)/t11-,12+,15-,16-,17+,18+,34?/m0/s1. The third-order valence-electron chi connectivity index (χ3n) is 5.04. The number of benzene rings is 1. The molecule has 0 saturated carbocycles. The van der Waals surface area contributed by atoms with Crippen molar-refractivity contribution in [1.29, 1.82) is 0 Å². The molecule has 2 heterocycles. The Hall–Kier alpha value is -2.80. The first kappa shape index (κ1) is 25.8. The number of hydrogen-bond acceptors (Lipinski definition) is 11. The maximum Gasteiger partial charge on any atom is 0.459 e. The summed E-state index contributed by atoms with van der Waals surface area (Å²) in [6.45, 7) is 2.83. The summed E-state index contributed by atoms with van der Waals surface area (Å²) in [6, 6.07) is 8.35. The number of nitrogens with one attached hydrogen (secondary N) is 1. The van der Waals surface area contributed by atoms with E-state index < -0.39 is 56.1 Å². The summed E-state index contributed by atoms with van der Waals surface area (Å²) in [6.07, 6.45) is -5.46. The van der Waals surface area contributed by atoms with Crippen molar-refractivity contribution in [3.63, 3.8) is 0 Å². The molecular weight excluding hydrogens is 471 g/mol. The van der Waals surface area contributed by atoms with E-state index in [0.717, 1.165) is 4.57 Å². The van der Waals surface area contributed by atoms with Crippen molar-refractivity contribution in [2.75, 3.05) is 12.8 Å². The Morgan fingerprint density at radius 2 is 1.91 bits per heavy atom. The molecule has 1 aliphatic heterocycles. The summed E-state index contributed by atoms with van der Waals surface area (Å²) in [5, 5.41) is 23.5. The van der Waals surface area contributed by atoms with Gasteiger partial charge in [-0.25, -0.2) is 9.36 Å². The Balaban J connectivity index is 1.82. The normalized spacial score (nSPS) is 25.8. The molecule has 1 aromatic heterocycles. The minimum Gasteiger partial charge on any atom is -0.468 e. The average Bonchev–Trinajstić information content (AvgIpc) is 3.08. The quantitative estimate of drug-likeness (QED) is 0.272. The lowest BCUT2D eigenvalue weighted by atomic mass is 10.1. The SMILES string of the molecule is COC(=O)[C@H](C)NP(=O)(Oc1ccccc1)O[C@H](C)[C@H]1O[C@@H](n2ccc(N)nc2=O)[C@@H](O)[C@@H]1O. The molecule has 14 heteroatoms. The molecule has 2 aromatic rings. The van der Waals surface area contributed by atoms with Gasteiger partial charge in [-0.15, -0.1) is 0 Å². The molecule has 0 amide bonds. The Morgan fingerprint density at radius 3 is 2.53 bits per heavy atom. The molecule has 0 radical (unpaired) electrons.